The summed E-state index contributed by atoms with van der Waals surface area (Å²) in [5.74, 6) is 0. The monoisotopic (exact) mass is 296 g/mol. The van der Waals surface area contributed by atoms with Gasteiger partial charge in [0, 0.05) is 5.54 Å². The van der Waals surface area contributed by atoms with Crippen molar-refractivity contribution in [2.24, 2.45) is 0 Å². The van der Waals surface area contributed by atoms with Crippen molar-refractivity contribution in [1.29, 1.82) is 0 Å². The Bertz CT molecular complexity index is 347. The molecule has 0 bridgehead atoms. The molecule has 0 aromatic carbocycles. The summed E-state index contributed by atoms with van der Waals surface area (Å²) in [5.41, 5.74) is -0.235. The topological polar surface area (TPSA) is 58.2 Å². The minimum atomic E-state index is -3.12. The van der Waals surface area contributed by atoms with E-state index in [1.54, 1.807) is 0 Å². The molecule has 2 fully saturated rings. The Kier molecular flexibility index (Phi) is 5.90. The predicted molar refractivity (Wildman–Crippen MR) is 76.7 cm³/mol. The van der Waals surface area contributed by atoms with Crippen molar-refractivity contribution in [3.63, 3.8) is 0 Å². The average molecular weight is 297 g/mol. The molecular weight excluding hydrogens is 272 g/mol. The summed E-state index contributed by atoms with van der Waals surface area (Å²) in [5, 5.41) is 3.12. The Balaban J connectivity index is 0.00000162. The largest absolute Gasteiger partial charge is 0.317 e. The van der Waals surface area contributed by atoms with Crippen LogP contribution in [0.4, 0.5) is 0 Å². The number of halogens is 1. The Morgan fingerprint density at radius 2 is 1.67 bits per heavy atom. The van der Waals surface area contributed by atoms with Gasteiger partial charge in [-0.2, -0.15) is 0 Å². The van der Waals surface area contributed by atoms with Crippen molar-refractivity contribution >= 4 is 22.4 Å². The fourth-order valence-corrected chi connectivity index (χ4v) is 4.89. The average Bonchev–Trinajstić information content (AvgIpc) is 2.30. The van der Waals surface area contributed by atoms with Crippen LogP contribution < -0.4 is 10.0 Å². The summed E-state index contributed by atoms with van der Waals surface area (Å²) in [6, 6.07) is 0. The molecule has 0 spiro atoms. The maximum atomic E-state index is 12.3. The second-order valence-corrected chi connectivity index (χ2v) is 7.68. The molecule has 1 aliphatic heterocycles. The normalized spacial score (nSPS) is 25.4. The van der Waals surface area contributed by atoms with Crippen molar-refractivity contribution in [2.75, 3.05) is 13.1 Å². The Morgan fingerprint density at radius 3 is 2.22 bits per heavy atom. The molecule has 0 radical (unpaired) electrons. The lowest BCUT2D eigenvalue weighted by atomic mass is 9.92. The van der Waals surface area contributed by atoms with E-state index < -0.39 is 10.0 Å². The van der Waals surface area contributed by atoms with Crippen LogP contribution in [0.25, 0.3) is 0 Å². The standard InChI is InChI=1S/C12H24N2O2S.ClH/c1-12(7-9-13-10-8-12)14-17(15,16)11-5-3-2-4-6-11;/h11,13-14H,2-10H2,1H3;1H. The minimum Gasteiger partial charge on any atom is -0.317 e. The summed E-state index contributed by atoms with van der Waals surface area (Å²) in [7, 11) is -3.12. The molecule has 1 heterocycles. The summed E-state index contributed by atoms with van der Waals surface area (Å²) in [6.45, 7) is 3.85. The van der Waals surface area contributed by atoms with Gasteiger partial charge in [0.1, 0.15) is 0 Å². The molecule has 2 rings (SSSR count). The zero-order valence-electron chi connectivity index (χ0n) is 11.1. The van der Waals surface area contributed by atoms with Crippen LogP contribution >= 0.6 is 12.4 Å². The number of piperidine rings is 1. The third-order valence-corrected chi connectivity index (χ3v) is 6.21. The molecule has 108 valence electrons. The predicted octanol–water partition coefficient (Wildman–Crippen LogP) is 1.80. The smallest absolute Gasteiger partial charge is 0.214 e. The van der Waals surface area contributed by atoms with Gasteiger partial charge in [0.05, 0.1) is 5.25 Å². The molecule has 4 nitrogen and oxygen atoms in total. The van der Waals surface area contributed by atoms with Crippen LogP contribution in [-0.2, 0) is 10.0 Å². The van der Waals surface area contributed by atoms with E-state index in [0.29, 0.717) is 0 Å². The second kappa shape index (κ2) is 6.55. The van der Waals surface area contributed by atoms with Gasteiger partial charge in [-0.1, -0.05) is 19.3 Å². The lowest BCUT2D eigenvalue weighted by Gasteiger charge is -2.36. The molecule has 0 aromatic heterocycles. The van der Waals surface area contributed by atoms with Crippen LogP contribution in [0.15, 0.2) is 0 Å². The molecule has 1 saturated heterocycles. The SMILES string of the molecule is CC1(NS(=O)(=O)C2CCCCC2)CCNCC1.Cl. The molecule has 0 aromatic rings. The quantitative estimate of drug-likeness (QED) is 0.835. The van der Waals surface area contributed by atoms with Gasteiger partial charge in [-0.3, -0.25) is 0 Å². The Morgan fingerprint density at radius 1 is 1.11 bits per heavy atom. The van der Waals surface area contributed by atoms with Crippen molar-refractivity contribution in [2.45, 2.75) is 62.7 Å². The first-order chi connectivity index (χ1) is 8.02. The zero-order valence-corrected chi connectivity index (χ0v) is 12.7. The van der Waals surface area contributed by atoms with E-state index in [2.05, 4.69) is 10.0 Å². The minimum absolute atomic E-state index is 0. The first kappa shape index (κ1) is 16.2. The van der Waals surface area contributed by atoms with Crippen molar-refractivity contribution in [1.82, 2.24) is 10.0 Å². The first-order valence-corrected chi connectivity index (χ1v) is 8.30. The van der Waals surface area contributed by atoms with Gasteiger partial charge < -0.3 is 5.32 Å². The third kappa shape index (κ3) is 4.08. The molecule has 1 aliphatic carbocycles. The van der Waals surface area contributed by atoms with E-state index in [4.69, 9.17) is 0 Å². The first-order valence-electron chi connectivity index (χ1n) is 6.75. The highest BCUT2D eigenvalue weighted by atomic mass is 35.5. The number of nitrogens with one attached hydrogen (secondary N) is 2. The molecule has 0 unspecified atom stereocenters. The highest BCUT2D eigenvalue weighted by Gasteiger charge is 2.35. The summed E-state index contributed by atoms with van der Waals surface area (Å²) >= 11 is 0. The van der Waals surface area contributed by atoms with E-state index in [-0.39, 0.29) is 23.2 Å². The van der Waals surface area contributed by atoms with Gasteiger partial charge >= 0.3 is 0 Å². The lowest BCUT2D eigenvalue weighted by Crippen LogP contribution is -2.54. The number of hydrogen-bond acceptors (Lipinski definition) is 3. The van der Waals surface area contributed by atoms with Crippen molar-refractivity contribution in [3.05, 3.63) is 0 Å². The third-order valence-electron chi connectivity index (χ3n) is 4.09. The zero-order chi connectivity index (χ0) is 12.4. The van der Waals surface area contributed by atoms with Crippen LogP contribution in [0.5, 0.6) is 0 Å². The lowest BCUT2D eigenvalue weighted by molar-refractivity contribution is 0.305. The number of hydrogen-bond donors (Lipinski definition) is 2. The molecule has 2 aliphatic rings. The molecule has 0 atom stereocenters. The summed E-state index contributed by atoms with van der Waals surface area (Å²) in [6.07, 6.45) is 6.76. The second-order valence-electron chi connectivity index (χ2n) is 5.72. The van der Waals surface area contributed by atoms with E-state index in [9.17, 15) is 8.42 Å². The van der Waals surface area contributed by atoms with Crippen LogP contribution in [0, 0.1) is 0 Å². The van der Waals surface area contributed by atoms with Crippen molar-refractivity contribution in [3.8, 4) is 0 Å². The Hall–Kier alpha value is 0.160. The van der Waals surface area contributed by atoms with E-state index in [1.807, 2.05) is 6.92 Å². The molecule has 1 saturated carbocycles. The molecular formula is C12H25ClN2O2S. The van der Waals surface area contributed by atoms with E-state index >= 15 is 0 Å². The van der Waals surface area contributed by atoms with Crippen LogP contribution in [0.1, 0.15) is 51.9 Å². The fourth-order valence-electron chi connectivity index (χ4n) is 2.88. The maximum Gasteiger partial charge on any atom is 0.214 e. The van der Waals surface area contributed by atoms with Crippen LogP contribution in [0.3, 0.4) is 0 Å². The van der Waals surface area contributed by atoms with Crippen LogP contribution in [-0.4, -0.2) is 32.3 Å². The summed E-state index contributed by atoms with van der Waals surface area (Å²) < 4.78 is 27.6. The van der Waals surface area contributed by atoms with Gasteiger partial charge in [0.2, 0.25) is 10.0 Å². The van der Waals surface area contributed by atoms with Crippen molar-refractivity contribution < 1.29 is 8.42 Å². The number of sulfonamides is 1. The van der Waals surface area contributed by atoms with E-state index in [1.165, 1.54) is 6.42 Å². The van der Waals surface area contributed by atoms with Gasteiger partial charge in [0.25, 0.3) is 0 Å². The van der Waals surface area contributed by atoms with Gasteiger partial charge in [0.15, 0.2) is 0 Å². The fraction of sp³-hybridized carbons (Fsp3) is 1.00. The summed E-state index contributed by atoms with van der Waals surface area (Å²) in [4.78, 5) is 0. The van der Waals surface area contributed by atoms with Crippen LogP contribution in [0.2, 0.25) is 0 Å². The molecule has 18 heavy (non-hydrogen) atoms. The highest BCUT2D eigenvalue weighted by molar-refractivity contribution is 7.90. The van der Waals surface area contributed by atoms with E-state index in [0.717, 1.165) is 51.6 Å². The highest BCUT2D eigenvalue weighted by Crippen LogP contribution is 2.26. The molecule has 2 N–H and O–H groups in total. The molecule has 6 heteroatoms. The Labute approximate surface area is 117 Å². The number of rotatable bonds is 3. The van der Waals surface area contributed by atoms with Gasteiger partial charge in [-0.25, -0.2) is 13.1 Å². The van der Waals surface area contributed by atoms with Gasteiger partial charge in [-0.05, 0) is 45.7 Å². The molecule has 0 amide bonds. The maximum absolute atomic E-state index is 12.3. The van der Waals surface area contributed by atoms with Gasteiger partial charge in [-0.15, -0.1) is 12.4 Å².